The molecule has 2 heterocycles. The molecule has 0 spiro atoms. The van der Waals surface area contributed by atoms with Crippen LogP contribution in [0.25, 0.3) is 0 Å². The molecule has 0 saturated carbocycles. The molecule has 1 aromatic heterocycles. The fraction of sp³-hybridized carbons (Fsp3) is 0.348. The fourth-order valence-corrected chi connectivity index (χ4v) is 3.57. The minimum Gasteiger partial charge on any atom is -0.503 e. The highest BCUT2D eigenvalue weighted by Gasteiger charge is 2.43. The van der Waals surface area contributed by atoms with Gasteiger partial charge in [0.05, 0.1) is 11.6 Å². The molecular weight excluding hydrogens is 366 g/mol. The topological polar surface area (TPSA) is 73.7 Å². The summed E-state index contributed by atoms with van der Waals surface area (Å²) in [6.07, 6.45) is 3.63. The molecule has 152 valence electrons. The van der Waals surface area contributed by atoms with Crippen LogP contribution in [0, 0.1) is 5.92 Å². The van der Waals surface area contributed by atoms with E-state index in [-0.39, 0.29) is 30.2 Å². The van der Waals surface area contributed by atoms with Crippen LogP contribution in [0.5, 0.6) is 0 Å². The lowest BCUT2D eigenvalue weighted by Gasteiger charge is -2.27. The molecular formula is C23H27N3O3. The molecule has 0 fully saturated rings. The first-order valence-corrected chi connectivity index (χ1v) is 9.73. The molecule has 1 atom stereocenters. The van der Waals surface area contributed by atoms with Crippen LogP contribution in [-0.4, -0.2) is 40.8 Å². The lowest BCUT2D eigenvalue weighted by atomic mass is 9.92. The highest BCUT2D eigenvalue weighted by Crippen LogP contribution is 2.40. The SMILES string of the molecule is CC(C)CC(=O)C1=C(O)C(=O)N(Cc2cccnc2)C1c1ccc(N(C)C)cc1. The van der Waals surface area contributed by atoms with Gasteiger partial charge < -0.3 is 14.9 Å². The first-order chi connectivity index (χ1) is 13.8. The smallest absolute Gasteiger partial charge is 0.290 e. The fourth-order valence-electron chi connectivity index (χ4n) is 3.57. The highest BCUT2D eigenvalue weighted by molar-refractivity contribution is 6.09. The molecule has 1 aliphatic rings. The summed E-state index contributed by atoms with van der Waals surface area (Å²) < 4.78 is 0. The van der Waals surface area contributed by atoms with E-state index in [1.807, 2.05) is 63.2 Å². The van der Waals surface area contributed by atoms with Crippen molar-refractivity contribution in [1.29, 1.82) is 0 Å². The number of amides is 1. The molecule has 0 saturated heterocycles. The summed E-state index contributed by atoms with van der Waals surface area (Å²) in [6, 6.07) is 10.8. The molecule has 1 aromatic carbocycles. The Morgan fingerprint density at radius 2 is 1.90 bits per heavy atom. The van der Waals surface area contributed by atoms with Crippen molar-refractivity contribution in [2.24, 2.45) is 5.92 Å². The lowest BCUT2D eigenvalue weighted by Crippen LogP contribution is -2.30. The van der Waals surface area contributed by atoms with Gasteiger partial charge in [-0.3, -0.25) is 14.6 Å². The van der Waals surface area contributed by atoms with Crippen LogP contribution in [0.3, 0.4) is 0 Å². The predicted molar refractivity (Wildman–Crippen MR) is 112 cm³/mol. The summed E-state index contributed by atoms with van der Waals surface area (Å²) in [6.45, 7) is 4.15. The van der Waals surface area contributed by atoms with E-state index in [0.29, 0.717) is 0 Å². The van der Waals surface area contributed by atoms with Gasteiger partial charge in [-0.1, -0.05) is 32.0 Å². The molecule has 2 aromatic rings. The Morgan fingerprint density at radius 1 is 1.21 bits per heavy atom. The summed E-state index contributed by atoms with van der Waals surface area (Å²) >= 11 is 0. The standard InChI is InChI=1S/C23H27N3O3/c1-15(2)12-19(27)20-21(17-7-9-18(10-8-17)25(3)4)26(23(29)22(20)28)14-16-6-5-11-24-13-16/h5-11,13,15,21,28H,12,14H2,1-4H3. The molecule has 1 amide bonds. The summed E-state index contributed by atoms with van der Waals surface area (Å²) in [5, 5.41) is 10.6. The van der Waals surface area contributed by atoms with Crippen molar-refractivity contribution >= 4 is 17.4 Å². The number of hydrogen-bond acceptors (Lipinski definition) is 5. The van der Waals surface area contributed by atoms with Crippen LogP contribution in [-0.2, 0) is 16.1 Å². The average molecular weight is 393 g/mol. The van der Waals surface area contributed by atoms with E-state index >= 15 is 0 Å². The monoisotopic (exact) mass is 393 g/mol. The zero-order valence-corrected chi connectivity index (χ0v) is 17.3. The van der Waals surface area contributed by atoms with E-state index in [1.165, 1.54) is 0 Å². The van der Waals surface area contributed by atoms with E-state index in [4.69, 9.17) is 0 Å². The van der Waals surface area contributed by atoms with Gasteiger partial charge in [-0.15, -0.1) is 0 Å². The van der Waals surface area contributed by atoms with Crippen LogP contribution < -0.4 is 4.90 Å². The Labute approximate surface area is 171 Å². The number of anilines is 1. The number of aromatic nitrogens is 1. The molecule has 1 unspecified atom stereocenters. The van der Waals surface area contributed by atoms with Gasteiger partial charge in [0.25, 0.3) is 5.91 Å². The number of carbonyl (C=O) groups is 2. The molecule has 1 N–H and O–H groups in total. The summed E-state index contributed by atoms with van der Waals surface area (Å²) in [4.78, 5) is 33.5. The number of benzene rings is 1. The van der Waals surface area contributed by atoms with Gasteiger partial charge in [0.1, 0.15) is 0 Å². The molecule has 6 nitrogen and oxygen atoms in total. The van der Waals surface area contributed by atoms with Crippen LogP contribution in [0.15, 0.2) is 60.1 Å². The average Bonchev–Trinajstić information content (AvgIpc) is 2.93. The largest absolute Gasteiger partial charge is 0.503 e. The van der Waals surface area contributed by atoms with Crippen LogP contribution >= 0.6 is 0 Å². The van der Waals surface area contributed by atoms with Gasteiger partial charge >= 0.3 is 0 Å². The first-order valence-electron chi connectivity index (χ1n) is 9.73. The van der Waals surface area contributed by atoms with E-state index in [0.717, 1.165) is 16.8 Å². The first kappa shape index (κ1) is 20.6. The maximum atomic E-state index is 13.0. The van der Waals surface area contributed by atoms with Gasteiger partial charge in [-0.2, -0.15) is 0 Å². The molecule has 3 rings (SSSR count). The summed E-state index contributed by atoms with van der Waals surface area (Å²) in [5.41, 5.74) is 2.83. The number of aliphatic hydroxyl groups is 1. The molecule has 0 aliphatic carbocycles. The van der Waals surface area contributed by atoms with Crippen LogP contribution in [0.2, 0.25) is 0 Å². The lowest BCUT2D eigenvalue weighted by molar-refractivity contribution is -0.130. The number of hydrogen-bond donors (Lipinski definition) is 1. The molecule has 6 heteroatoms. The second kappa shape index (κ2) is 8.47. The number of rotatable bonds is 7. The van der Waals surface area contributed by atoms with Gasteiger partial charge in [-0.05, 0) is 35.2 Å². The third-order valence-electron chi connectivity index (χ3n) is 5.00. The summed E-state index contributed by atoms with van der Waals surface area (Å²) in [7, 11) is 3.90. The normalized spacial score (nSPS) is 16.7. The van der Waals surface area contributed by atoms with E-state index in [9.17, 15) is 14.7 Å². The Balaban J connectivity index is 2.03. The second-order valence-corrected chi connectivity index (χ2v) is 7.97. The quantitative estimate of drug-likeness (QED) is 0.777. The van der Waals surface area contributed by atoms with Crippen molar-refractivity contribution in [2.75, 3.05) is 19.0 Å². The zero-order chi connectivity index (χ0) is 21.1. The van der Waals surface area contributed by atoms with Crippen molar-refractivity contribution in [3.05, 3.63) is 71.3 Å². The van der Waals surface area contributed by atoms with Crippen LogP contribution in [0.1, 0.15) is 37.4 Å². The molecule has 0 radical (unpaired) electrons. The predicted octanol–water partition coefficient (Wildman–Crippen LogP) is 3.66. The number of ketones is 1. The van der Waals surface area contributed by atoms with Gasteiger partial charge in [0, 0.05) is 45.1 Å². The molecule has 0 bridgehead atoms. The maximum absolute atomic E-state index is 13.0. The number of aliphatic hydroxyl groups excluding tert-OH is 1. The Morgan fingerprint density at radius 3 is 2.45 bits per heavy atom. The van der Waals surface area contributed by atoms with Gasteiger partial charge in [0.15, 0.2) is 11.5 Å². The number of pyridine rings is 1. The minimum absolute atomic E-state index is 0.127. The van der Waals surface area contributed by atoms with Gasteiger partial charge in [-0.25, -0.2) is 0 Å². The third kappa shape index (κ3) is 4.31. The highest BCUT2D eigenvalue weighted by atomic mass is 16.3. The second-order valence-electron chi connectivity index (χ2n) is 7.97. The van der Waals surface area contributed by atoms with E-state index in [2.05, 4.69) is 4.98 Å². The van der Waals surface area contributed by atoms with Crippen molar-refractivity contribution in [2.45, 2.75) is 32.9 Å². The van der Waals surface area contributed by atoms with Crippen molar-refractivity contribution in [1.82, 2.24) is 9.88 Å². The minimum atomic E-state index is -0.620. The Bertz CT molecular complexity index is 918. The molecule has 29 heavy (non-hydrogen) atoms. The van der Waals surface area contributed by atoms with Crippen molar-refractivity contribution in [3.63, 3.8) is 0 Å². The zero-order valence-electron chi connectivity index (χ0n) is 17.3. The van der Waals surface area contributed by atoms with E-state index in [1.54, 1.807) is 23.4 Å². The van der Waals surface area contributed by atoms with Crippen molar-refractivity contribution in [3.8, 4) is 0 Å². The third-order valence-corrected chi connectivity index (χ3v) is 5.00. The van der Waals surface area contributed by atoms with Crippen molar-refractivity contribution < 1.29 is 14.7 Å². The number of Topliss-reactive ketones (excluding diaryl/α,β-unsaturated/α-hetero) is 1. The Kier molecular flexibility index (Phi) is 6.01. The Hall–Kier alpha value is -3.15. The van der Waals surface area contributed by atoms with E-state index < -0.39 is 17.7 Å². The maximum Gasteiger partial charge on any atom is 0.290 e. The summed E-state index contributed by atoms with van der Waals surface area (Å²) in [5.74, 6) is -1.04. The van der Waals surface area contributed by atoms with Gasteiger partial charge in [0.2, 0.25) is 0 Å². The number of nitrogens with zero attached hydrogens (tertiary/aromatic N) is 3. The molecule has 1 aliphatic heterocycles. The number of carbonyl (C=O) groups excluding carboxylic acids is 2. The van der Waals surface area contributed by atoms with Crippen LogP contribution in [0.4, 0.5) is 5.69 Å².